The summed E-state index contributed by atoms with van der Waals surface area (Å²) in [6, 6.07) is 7.90. The van der Waals surface area contributed by atoms with Gasteiger partial charge in [-0.15, -0.1) is 0 Å². The highest BCUT2D eigenvalue weighted by Gasteiger charge is 2.39. The van der Waals surface area contributed by atoms with E-state index in [2.05, 4.69) is 9.62 Å². The van der Waals surface area contributed by atoms with Crippen molar-refractivity contribution in [1.82, 2.24) is 14.5 Å². The third kappa shape index (κ3) is 6.19. The third-order valence-electron chi connectivity index (χ3n) is 5.78. The highest BCUT2D eigenvalue weighted by Crippen LogP contribution is 2.27. The van der Waals surface area contributed by atoms with Gasteiger partial charge >= 0.3 is 0 Å². The average molecular weight is 445 g/mol. The molecular formula is C20H30F2N4O3S. The predicted molar refractivity (Wildman–Crippen MR) is 110 cm³/mol. The van der Waals surface area contributed by atoms with Crippen molar-refractivity contribution in [3.63, 3.8) is 0 Å². The first-order valence-corrected chi connectivity index (χ1v) is 11.8. The van der Waals surface area contributed by atoms with Gasteiger partial charge in [0.2, 0.25) is 15.9 Å². The largest absolute Gasteiger partial charge is 0.335 e. The van der Waals surface area contributed by atoms with Crippen molar-refractivity contribution >= 4 is 15.9 Å². The average Bonchev–Trinajstić information content (AvgIpc) is 3.16. The molecule has 2 atom stereocenters. The lowest BCUT2D eigenvalue weighted by molar-refractivity contribution is -0.147. The van der Waals surface area contributed by atoms with E-state index < -0.39 is 35.0 Å². The number of nitrogens with one attached hydrogen (secondary N) is 1. The van der Waals surface area contributed by atoms with E-state index in [0.29, 0.717) is 19.5 Å². The van der Waals surface area contributed by atoms with Crippen LogP contribution in [0.3, 0.4) is 0 Å². The number of nitrogens with two attached hydrogens (primary N) is 1. The quantitative estimate of drug-likeness (QED) is 0.600. The number of amides is 1. The lowest BCUT2D eigenvalue weighted by Crippen LogP contribution is -2.51. The number of rotatable bonds is 9. The molecule has 0 spiro atoms. The molecule has 1 aromatic rings. The third-order valence-corrected chi connectivity index (χ3v) is 7.22. The van der Waals surface area contributed by atoms with Crippen molar-refractivity contribution < 1.29 is 22.0 Å². The molecule has 1 aromatic carbocycles. The van der Waals surface area contributed by atoms with Crippen LogP contribution in [0, 0.1) is 0 Å². The molecule has 2 saturated heterocycles. The van der Waals surface area contributed by atoms with Crippen molar-refractivity contribution in [3.8, 4) is 0 Å². The van der Waals surface area contributed by atoms with Crippen molar-refractivity contribution in [1.29, 1.82) is 0 Å². The number of benzene rings is 1. The molecular weight excluding hydrogens is 414 g/mol. The van der Waals surface area contributed by atoms with Crippen LogP contribution >= 0.6 is 0 Å². The minimum atomic E-state index is -3.56. The van der Waals surface area contributed by atoms with E-state index in [4.69, 9.17) is 5.73 Å². The number of sulfonamides is 1. The molecule has 7 nitrogen and oxygen atoms in total. The Balaban J connectivity index is 1.46. The molecule has 0 bridgehead atoms. The summed E-state index contributed by atoms with van der Waals surface area (Å²) in [7, 11) is -3.56. The monoisotopic (exact) mass is 444 g/mol. The summed E-state index contributed by atoms with van der Waals surface area (Å²) in [5.74, 6) is -3.12. The zero-order valence-electron chi connectivity index (χ0n) is 17.0. The number of likely N-dealkylation sites (tertiary alicyclic amines) is 2. The number of hydrogen-bond donors (Lipinski definition) is 2. The Hall–Kier alpha value is -1.62. The Morgan fingerprint density at radius 1 is 1.27 bits per heavy atom. The summed E-state index contributed by atoms with van der Waals surface area (Å²) in [5, 5.41) is 0. The molecule has 1 amide bonds. The van der Waals surface area contributed by atoms with E-state index in [1.54, 1.807) is 30.3 Å². The van der Waals surface area contributed by atoms with E-state index in [9.17, 15) is 22.0 Å². The van der Waals surface area contributed by atoms with E-state index in [1.165, 1.54) is 4.90 Å². The summed E-state index contributed by atoms with van der Waals surface area (Å²) < 4.78 is 54.6. The SMILES string of the molecule is N[C@@H](CCN1CCCC1CNS(=O)(=O)c1ccccc1)CN1CC(F)(F)CCC1=O. The zero-order valence-corrected chi connectivity index (χ0v) is 17.8. The smallest absolute Gasteiger partial charge is 0.265 e. The van der Waals surface area contributed by atoms with Gasteiger partial charge in [-0.1, -0.05) is 18.2 Å². The van der Waals surface area contributed by atoms with Gasteiger partial charge in [0.1, 0.15) is 0 Å². The van der Waals surface area contributed by atoms with Crippen LogP contribution in [-0.2, 0) is 14.8 Å². The van der Waals surface area contributed by atoms with Gasteiger partial charge in [0.05, 0.1) is 11.4 Å². The molecule has 2 fully saturated rings. The van der Waals surface area contributed by atoms with Crippen LogP contribution in [0.1, 0.15) is 32.1 Å². The minimum absolute atomic E-state index is 0.0663. The summed E-state index contributed by atoms with van der Waals surface area (Å²) in [5.41, 5.74) is 6.12. The van der Waals surface area contributed by atoms with Gasteiger partial charge in [0, 0.05) is 44.6 Å². The molecule has 30 heavy (non-hydrogen) atoms. The Labute approximate surface area is 176 Å². The van der Waals surface area contributed by atoms with Crippen LogP contribution in [0.15, 0.2) is 35.2 Å². The van der Waals surface area contributed by atoms with Gasteiger partial charge in [-0.3, -0.25) is 9.69 Å². The van der Waals surface area contributed by atoms with Gasteiger partial charge in [0.25, 0.3) is 5.92 Å². The van der Waals surface area contributed by atoms with Crippen LogP contribution in [0.25, 0.3) is 0 Å². The Bertz CT molecular complexity index is 823. The molecule has 0 aliphatic carbocycles. The summed E-state index contributed by atoms with van der Waals surface area (Å²) in [6.45, 7) is 1.34. The first kappa shape index (κ1) is 23.1. The number of alkyl halides is 2. The van der Waals surface area contributed by atoms with Crippen molar-refractivity contribution in [2.45, 2.75) is 55.0 Å². The van der Waals surface area contributed by atoms with Gasteiger partial charge in [0.15, 0.2) is 0 Å². The Morgan fingerprint density at radius 2 is 2.00 bits per heavy atom. The number of piperidine rings is 1. The summed E-state index contributed by atoms with van der Waals surface area (Å²) >= 11 is 0. The number of halogens is 2. The fourth-order valence-corrected chi connectivity index (χ4v) is 5.17. The van der Waals surface area contributed by atoms with Crippen molar-refractivity contribution in [2.75, 3.05) is 32.7 Å². The van der Waals surface area contributed by atoms with Gasteiger partial charge < -0.3 is 10.6 Å². The number of carbonyl (C=O) groups excluding carboxylic acids is 1. The van der Waals surface area contributed by atoms with Crippen LogP contribution in [0.5, 0.6) is 0 Å². The second kappa shape index (κ2) is 9.67. The zero-order chi connectivity index (χ0) is 21.8. The maximum Gasteiger partial charge on any atom is 0.265 e. The molecule has 2 aliphatic heterocycles. The normalized spacial score (nSPS) is 23.6. The van der Waals surface area contributed by atoms with E-state index in [-0.39, 0.29) is 29.8 Å². The Kier molecular flexibility index (Phi) is 7.43. The Morgan fingerprint density at radius 3 is 2.73 bits per heavy atom. The molecule has 2 aliphatic rings. The molecule has 0 saturated carbocycles. The molecule has 10 heteroatoms. The lowest BCUT2D eigenvalue weighted by Gasteiger charge is -2.34. The standard InChI is InChI=1S/C20H30F2N4O3S/c21-20(22)10-8-19(27)26(15-20)14-16(23)9-12-25-11-4-5-17(25)13-24-30(28,29)18-6-2-1-3-7-18/h1-3,6-7,16-17,24H,4-5,8-15,23H2/t16-,17?/m0/s1. The van der Waals surface area contributed by atoms with Crippen molar-refractivity contribution in [3.05, 3.63) is 30.3 Å². The maximum atomic E-state index is 13.6. The second-order valence-electron chi connectivity index (χ2n) is 8.18. The topological polar surface area (TPSA) is 95.7 Å². The fraction of sp³-hybridized carbons (Fsp3) is 0.650. The minimum Gasteiger partial charge on any atom is -0.335 e. The highest BCUT2D eigenvalue weighted by atomic mass is 32.2. The number of carbonyl (C=O) groups is 1. The van der Waals surface area contributed by atoms with Crippen LogP contribution in [-0.4, -0.2) is 74.9 Å². The van der Waals surface area contributed by atoms with E-state index in [1.807, 2.05) is 0 Å². The van der Waals surface area contributed by atoms with E-state index in [0.717, 1.165) is 19.4 Å². The number of hydrogen-bond acceptors (Lipinski definition) is 5. The van der Waals surface area contributed by atoms with Gasteiger partial charge in [-0.25, -0.2) is 21.9 Å². The highest BCUT2D eigenvalue weighted by molar-refractivity contribution is 7.89. The maximum absolute atomic E-state index is 13.6. The van der Waals surface area contributed by atoms with Gasteiger partial charge in [-0.05, 0) is 37.9 Å². The molecule has 0 radical (unpaired) electrons. The predicted octanol–water partition coefficient (Wildman–Crippen LogP) is 1.40. The fourth-order valence-electron chi connectivity index (χ4n) is 4.08. The van der Waals surface area contributed by atoms with Gasteiger partial charge in [-0.2, -0.15) is 0 Å². The number of nitrogens with zero attached hydrogens (tertiary/aromatic N) is 2. The molecule has 168 valence electrons. The molecule has 1 unspecified atom stereocenters. The first-order valence-electron chi connectivity index (χ1n) is 10.4. The summed E-state index contributed by atoms with van der Waals surface area (Å²) in [6.07, 6.45) is 1.85. The summed E-state index contributed by atoms with van der Waals surface area (Å²) in [4.78, 5) is 15.5. The molecule has 3 rings (SSSR count). The van der Waals surface area contributed by atoms with Crippen LogP contribution in [0.4, 0.5) is 8.78 Å². The molecule has 2 heterocycles. The second-order valence-corrected chi connectivity index (χ2v) is 9.94. The van der Waals surface area contributed by atoms with Crippen LogP contribution < -0.4 is 10.5 Å². The molecule has 3 N–H and O–H groups in total. The van der Waals surface area contributed by atoms with Crippen molar-refractivity contribution in [2.24, 2.45) is 5.73 Å². The lowest BCUT2D eigenvalue weighted by atomic mass is 10.1. The molecule has 0 aromatic heterocycles. The van der Waals surface area contributed by atoms with Crippen LogP contribution in [0.2, 0.25) is 0 Å². The first-order chi connectivity index (χ1) is 14.2. The van der Waals surface area contributed by atoms with E-state index >= 15 is 0 Å².